The van der Waals surface area contributed by atoms with E-state index in [1.54, 1.807) is 12.2 Å². The number of nitrogens with one attached hydrogen (secondary N) is 1. The van der Waals surface area contributed by atoms with Gasteiger partial charge < -0.3 is 15.2 Å². The van der Waals surface area contributed by atoms with Crippen molar-refractivity contribution < 1.29 is 19.4 Å². The fraction of sp³-hybridized carbons (Fsp3) is 0.520. The number of benzene rings is 1. The zero-order chi connectivity index (χ0) is 21.2. The summed E-state index contributed by atoms with van der Waals surface area (Å²) in [6, 6.07) is 9.83. The van der Waals surface area contributed by atoms with Crippen molar-refractivity contribution in [2.45, 2.75) is 63.5 Å². The molecule has 1 saturated carbocycles. The van der Waals surface area contributed by atoms with Crippen LogP contribution in [-0.4, -0.2) is 35.5 Å². The molecule has 0 bridgehead atoms. The molecule has 3 atom stereocenters. The van der Waals surface area contributed by atoms with Gasteiger partial charge in [-0.15, -0.1) is 0 Å². The highest BCUT2D eigenvalue weighted by Crippen LogP contribution is 2.29. The maximum Gasteiger partial charge on any atom is 0.220 e. The highest BCUT2D eigenvalue weighted by Gasteiger charge is 2.27. The molecule has 1 amide bonds. The average Bonchev–Trinajstić information content (AvgIpc) is 3.50. The van der Waals surface area contributed by atoms with E-state index < -0.39 is 6.10 Å². The van der Waals surface area contributed by atoms with E-state index in [9.17, 15) is 14.7 Å². The van der Waals surface area contributed by atoms with E-state index in [1.165, 1.54) is 0 Å². The smallest absolute Gasteiger partial charge is 0.220 e. The standard InChI is InChI=1S/C25H33NO4/c27-21(18-30-22-8-4-3-5-9-22)16-12-19-13-17-24(28)23(19)10-6-1-2-7-11-25(29)26-20-14-15-20/h3-5,8-9,12-13,16-17,19-21,23,27H,1-2,6-7,10-11,14-15,18H2,(H,26,29)/b16-12+/t19-,21+,23+/m0/s1. The molecule has 162 valence electrons. The van der Waals surface area contributed by atoms with Gasteiger partial charge in [0.25, 0.3) is 0 Å². The fourth-order valence-corrected chi connectivity index (χ4v) is 3.73. The van der Waals surface area contributed by atoms with E-state index >= 15 is 0 Å². The van der Waals surface area contributed by atoms with Crippen molar-refractivity contribution in [3.63, 3.8) is 0 Å². The molecular weight excluding hydrogens is 378 g/mol. The maximum atomic E-state index is 12.2. The molecule has 2 aliphatic carbocycles. The van der Waals surface area contributed by atoms with Gasteiger partial charge in [0.05, 0.1) is 0 Å². The van der Waals surface area contributed by atoms with Gasteiger partial charge in [0, 0.05) is 24.3 Å². The molecular formula is C25H33NO4. The molecule has 5 heteroatoms. The first-order valence-electron chi connectivity index (χ1n) is 11.2. The van der Waals surface area contributed by atoms with Crippen LogP contribution in [0.4, 0.5) is 0 Å². The van der Waals surface area contributed by atoms with Crippen molar-refractivity contribution in [1.82, 2.24) is 5.32 Å². The summed E-state index contributed by atoms with van der Waals surface area (Å²) in [6.45, 7) is 0.184. The third-order valence-electron chi connectivity index (χ3n) is 5.64. The van der Waals surface area contributed by atoms with Crippen molar-refractivity contribution in [2.75, 3.05) is 6.61 Å². The van der Waals surface area contributed by atoms with Crippen LogP contribution in [0.2, 0.25) is 0 Å². The van der Waals surface area contributed by atoms with Crippen LogP contribution in [0.15, 0.2) is 54.6 Å². The number of hydrogen-bond acceptors (Lipinski definition) is 4. The average molecular weight is 412 g/mol. The quantitative estimate of drug-likeness (QED) is 0.380. The molecule has 0 saturated heterocycles. The van der Waals surface area contributed by atoms with Gasteiger partial charge in [0.2, 0.25) is 5.91 Å². The predicted molar refractivity (Wildman–Crippen MR) is 117 cm³/mol. The summed E-state index contributed by atoms with van der Waals surface area (Å²) in [7, 11) is 0. The summed E-state index contributed by atoms with van der Waals surface area (Å²) >= 11 is 0. The van der Waals surface area contributed by atoms with E-state index in [1.807, 2.05) is 42.5 Å². The Labute approximate surface area is 179 Å². The molecule has 3 rings (SSSR count). The SMILES string of the molecule is O=C(CCCCCC[C@H]1C(=O)C=C[C@@H]1/C=C/[C@@H](O)COc1ccccc1)NC1CC1. The van der Waals surface area contributed by atoms with Gasteiger partial charge in [0.15, 0.2) is 5.78 Å². The third kappa shape index (κ3) is 7.79. The summed E-state index contributed by atoms with van der Waals surface area (Å²) in [4.78, 5) is 23.9. The Morgan fingerprint density at radius 2 is 1.93 bits per heavy atom. The highest BCUT2D eigenvalue weighted by molar-refractivity contribution is 5.94. The molecule has 5 nitrogen and oxygen atoms in total. The summed E-state index contributed by atoms with van der Waals surface area (Å²) in [6.07, 6.45) is 14.2. The molecule has 0 aliphatic heterocycles. The molecule has 0 radical (unpaired) electrons. The van der Waals surface area contributed by atoms with Crippen molar-refractivity contribution in [2.24, 2.45) is 11.8 Å². The summed E-state index contributed by atoms with van der Waals surface area (Å²) in [5.41, 5.74) is 0. The van der Waals surface area contributed by atoms with Crippen LogP contribution in [0.1, 0.15) is 51.4 Å². The van der Waals surface area contributed by atoms with Gasteiger partial charge in [-0.1, -0.05) is 55.7 Å². The van der Waals surface area contributed by atoms with E-state index in [2.05, 4.69) is 5.32 Å². The second-order valence-electron chi connectivity index (χ2n) is 8.32. The Bertz CT molecular complexity index is 739. The lowest BCUT2D eigenvalue weighted by molar-refractivity contribution is -0.121. The minimum absolute atomic E-state index is 0.0354. The van der Waals surface area contributed by atoms with Crippen LogP contribution in [0, 0.1) is 11.8 Å². The van der Waals surface area contributed by atoms with E-state index in [-0.39, 0.29) is 30.1 Å². The first kappa shape index (κ1) is 22.3. The molecule has 0 heterocycles. The lowest BCUT2D eigenvalue weighted by Crippen LogP contribution is -2.24. The fourth-order valence-electron chi connectivity index (χ4n) is 3.73. The topological polar surface area (TPSA) is 75.6 Å². The van der Waals surface area contributed by atoms with Crippen LogP contribution in [0.3, 0.4) is 0 Å². The maximum absolute atomic E-state index is 12.2. The first-order valence-corrected chi connectivity index (χ1v) is 11.2. The lowest BCUT2D eigenvalue weighted by atomic mass is 9.88. The number of ether oxygens (including phenoxy) is 1. The number of amides is 1. The van der Waals surface area contributed by atoms with Gasteiger partial charge in [-0.3, -0.25) is 9.59 Å². The number of allylic oxidation sites excluding steroid dienone is 3. The van der Waals surface area contributed by atoms with Crippen molar-refractivity contribution >= 4 is 11.7 Å². The minimum atomic E-state index is -0.711. The molecule has 2 aliphatic rings. The Morgan fingerprint density at radius 1 is 1.17 bits per heavy atom. The largest absolute Gasteiger partial charge is 0.491 e. The number of aliphatic hydroxyl groups is 1. The van der Waals surface area contributed by atoms with Crippen molar-refractivity contribution in [3.8, 4) is 5.75 Å². The zero-order valence-electron chi connectivity index (χ0n) is 17.5. The predicted octanol–water partition coefficient (Wildman–Crippen LogP) is 3.97. The Morgan fingerprint density at radius 3 is 2.70 bits per heavy atom. The van der Waals surface area contributed by atoms with Gasteiger partial charge in [-0.05, 0) is 43.9 Å². The Balaban J connectivity index is 1.31. The van der Waals surface area contributed by atoms with Crippen molar-refractivity contribution in [1.29, 1.82) is 0 Å². The summed E-state index contributed by atoms with van der Waals surface area (Å²) in [5, 5.41) is 13.2. The molecule has 1 fully saturated rings. The number of aliphatic hydroxyl groups excluding tert-OH is 1. The molecule has 1 aromatic rings. The number of ketones is 1. The van der Waals surface area contributed by atoms with Crippen LogP contribution in [0.25, 0.3) is 0 Å². The first-order chi connectivity index (χ1) is 14.6. The van der Waals surface area contributed by atoms with Gasteiger partial charge in [-0.2, -0.15) is 0 Å². The van der Waals surface area contributed by atoms with Gasteiger partial charge in [0.1, 0.15) is 18.5 Å². The number of carbonyl (C=O) groups excluding carboxylic acids is 2. The van der Waals surface area contributed by atoms with Gasteiger partial charge >= 0.3 is 0 Å². The Kier molecular flexibility index (Phi) is 8.69. The normalized spacial score (nSPS) is 21.8. The lowest BCUT2D eigenvalue weighted by Gasteiger charge is -2.15. The Hall–Kier alpha value is -2.40. The van der Waals surface area contributed by atoms with Gasteiger partial charge in [-0.25, -0.2) is 0 Å². The number of rotatable bonds is 13. The highest BCUT2D eigenvalue weighted by atomic mass is 16.5. The number of para-hydroxylation sites is 1. The molecule has 1 aromatic carbocycles. The number of unbranched alkanes of at least 4 members (excludes halogenated alkanes) is 3. The van der Waals surface area contributed by atoms with Crippen molar-refractivity contribution in [3.05, 3.63) is 54.6 Å². The number of carbonyl (C=O) groups is 2. The molecule has 30 heavy (non-hydrogen) atoms. The molecule has 0 spiro atoms. The minimum Gasteiger partial charge on any atom is -0.491 e. The third-order valence-corrected chi connectivity index (χ3v) is 5.64. The monoisotopic (exact) mass is 411 g/mol. The molecule has 0 unspecified atom stereocenters. The van der Waals surface area contributed by atoms with Crippen LogP contribution < -0.4 is 10.1 Å². The summed E-state index contributed by atoms with van der Waals surface area (Å²) < 4.78 is 5.56. The van der Waals surface area contributed by atoms with Crippen LogP contribution in [0.5, 0.6) is 5.75 Å². The molecule has 2 N–H and O–H groups in total. The van der Waals surface area contributed by atoms with E-state index in [0.29, 0.717) is 12.5 Å². The van der Waals surface area contributed by atoms with E-state index in [4.69, 9.17) is 4.74 Å². The second kappa shape index (κ2) is 11.7. The van der Waals surface area contributed by atoms with Crippen LogP contribution in [-0.2, 0) is 9.59 Å². The number of hydrogen-bond donors (Lipinski definition) is 2. The zero-order valence-corrected chi connectivity index (χ0v) is 17.5. The summed E-state index contributed by atoms with van der Waals surface area (Å²) in [5.74, 6) is 1.06. The molecule has 0 aromatic heterocycles. The van der Waals surface area contributed by atoms with Crippen LogP contribution >= 0.6 is 0 Å². The second-order valence-corrected chi connectivity index (χ2v) is 8.32. The van der Waals surface area contributed by atoms with E-state index in [0.717, 1.165) is 50.7 Å².